The average Bonchev–Trinajstić information content (AvgIpc) is 2.50. The van der Waals surface area contributed by atoms with E-state index >= 15 is 0 Å². The number of aliphatic hydroxyl groups excluding tert-OH is 1. The SMILES string of the molecule is CNC(=O)CCCOc1cc([N+](=O)[O-])c(CO)cc1OC. The third-order valence-electron chi connectivity index (χ3n) is 2.82. The standard InChI is InChI=1S/C13H18N2O6/c1-14-13(17)4-3-5-21-12-7-10(15(18)19)9(8-16)6-11(12)20-2/h6-7,16H,3-5,8H2,1-2H3,(H,14,17). The fourth-order valence-electron chi connectivity index (χ4n) is 1.70. The Morgan fingerprint density at radius 2 is 2.14 bits per heavy atom. The van der Waals surface area contributed by atoms with E-state index in [-0.39, 0.29) is 29.5 Å². The first-order valence-electron chi connectivity index (χ1n) is 6.33. The maximum Gasteiger partial charge on any atom is 0.278 e. The van der Waals surface area contributed by atoms with Gasteiger partial charge >= 0.3 is 0 Å². The van der Waals surface area contributed by atoms with E-state index in [1.807, 2.05) is 0 Å². The van der Waals surface area contributed by atoms with E-state index in [1.165, 1.54) is 19.2 Å². The van der Waals surface area contributed by atoms with Crippen molar-refractivity contribution < 1.29 is 24.3 Å². The van der Waals surface area contributed by atoms with Crippen LogP contribution in [0.15, 0.2) is 12.1 Å². The van der Waals surface area contributed by atoms with Crippen molar-refractivity contribution in [2.75, 3.05) is 20.8 Å². The van der Waals surface area contributed by atoms with E-state index in [0.717, 1.165) is 0 Å². The number of nitrogens with one attached hydrogen (secondary N) is 1. The minimum atomic E-state index is -0.595. The minimum absolute atomic E-state index is 0.104. The Labute approximate surface area is 121 Å². The maximum absolute atomic E-state index is 11.1. The second-order valence-corrected chi connectivity index (χ2v) is 4.17. The highest BCUT2D eigenvalue weighted by Gasteiger charge is 2.19. The second-order valence-electron chi connectivity index (χ2n) is 4.17. The van der Waals surface area contributed by atoms with Gasteiger partial charge in [-0.3, -0.25) is 14.9 Å². The first kappa shape index (κ1) is 16.7. The molecule has 0 aliphatic rings. The monoisotopic (exact) mass is 298 g/mol. The van der Waals surface area contributed by atoms with Crippen LogP contribution in [0.4, 0.5) is 5.69 Å². The number of methoxy groups -OCH3 is 1. The Kier molecular flexibility index (Phi) is 6.41. The van der Waals surface area contributed by atoms with Crippen LogP contribution in [-0.2, 0) is 11.4 Å². The molecule has 0 bridgehead atoms. The highest BCUT2D eigenvalue weighted by molar-refractivity contribution is 5.75. The van der Waals surface area contributed by atoms with Gasteiger partial charge < -0.3 is 19.9 Å². The summed E-state index contributed by atoms with van der Waals surface area (Å²) in [6, 6.07) is 2.58. The lowest BCUT2D eigenvalue weighted by molar-refractivity contribution is -0.385. The molecule has 0 saturated heterocycles. The van der Waals surface area contributed by atoms with Crippen molar-refractivity contribution in [2.24, 2.45) is 0 Å². The van der Waals surface area contributed by atoms with E-state index < -0.39 is 11.5 Å². The lowest BCUT2D eigenvalue weighted by Gasteiger charge is -2.12. The quantitative estimate of drug-likeness (QED) is 0.421. The Bertz CT molecular complexity index is 518. The summed E-state index contributed by atoms with van der Waals surface area (Å²) in [6.07, 6.45) is 0.772. The number of aliphatic hydroxyl groups is 1. The van der Waals surface area contributed by atoms with Crippen LogP contribution in [0, 0.1) is 10.1 Å². The number of rotatable bonds is 8. The van der Waals surface area contributed by atoms with Crippen molar-refractivity contribution >= 4 is 11.6 Å². The topological polar surface area (TPSA) is 111 Å². The van der Waals surface area contributed by atoms with Crippen LogP contribution in [0.2, 0.25) is 0 Å². The van der Waals surface area contributed by atoms with Crippen LogP contribution >= 0.6 is 0 Å². The zero-order chi connectivity index (χ0) is 15.8. The summed E-state index contributed by atoms with van der Waals surface area (Å²) in [5, 5.41) is 22.6. The molecule has 0 aliphatic heterocycles. The summed E-state index contributed by atoms with van der Waals surface area (Å²) < 4.78 is 10.5. The normalized spacial score (nSPS) is 10.0. The number of nitro groups is 1. The van der Waals surface area contributed by atoms with Crippen LogP contribution < -0.4 is 14.8 Å². The molecule has 0 aromatic heterocycles. The number of carbonyl (C=O) groups is 1. The van der Waals surface area contributed by atoms with Gasteiger partial charge in [0.05, 0.1) is 36.9 Å². The molecule has 8 heteroatoms. The molecular weight excluding hydrogens is 280 g/mol. The molecule has 0 unspecified atom stereocenters. The fraction of sp³-hybridized carbons (Fsp3) is 0.462. The van der Waals surface area contributed by atoms with Crippen LogP contribution in [0.25, 0.3) is 0 Å². The lowest BCUT2D eigenvalue weighted by Crippen LogP contribution is -2.18. The molecule has 0 aliphatic carbocycles. The summed E-state index contributed by atoms with van der Waals surface area (Å²) in [5.41, 5.74) is -0.0887. The smallest absolute Gasteiger partial charge is 0.278 e. The molecular formula is C13H18N2O6. The molecule has 116 valence electrons. The third kappa shape index (κ3) is 4.60. The van der Waals surface area contributed by atoms with Gasteiger partial charge in [0.25, 0.3) is 5.69 Å². The van der Waals surface area contributed by atoms with E-state index in [4.69, 9.17) is 14.6 Å². The van der Waals surface area contributed by atoms with Gasteiger partial charge in [-0.15, -0.1) is 0 Å². The molecule has 0 saturated carbocycles. The van der Waals surface area contributed by atoms with E-state index in [1.54, 1.807) is 7.05 Å². The summed E-state index contributed by atoms with van der Waals surface area (Å²) in [5.74, 6) is 0.398. The number of nitrogens with zero attached hydrogens (tertiary/aromatic N) is 1. The zero-order valence-corrected chi connectivity index (χ0v) is 11.9. The molecule has 1 rings (SSSR count). The van der Waals surface area contributed by atoms with Gasteiger partial charge in [0.2, 0.25) is 5.91 Å². The number of hydrogen-bond donors (Lipinski definition) is 2. The Morgan fingerprint density at radius 3 is 2.67 bits per heavy atom. The number of amides is 1. The van der Waals surface area contributed by atoms with Gasteiger partial charge in [-0.2, -0.15) is 0 Å². The number of nitro benzene ring substituents is 1. The molecule has 0 fully saturated rings. The minimum Gasteiger partial charge on any atom is -0.493 e. The van der Waals surface area contributed by atoms with Crippen molar-refractivity contribution in [1.82, 2.24) is 5.32 Å². The number of carbonyl (C=O) groups excluding carboxylic acids is 1. The second kappa shape index (κ2) is 8.05. The van der Waals surface area contributed by atoms with Crippen molar-refractivity contribution in [3.63, 3.8) is 0 Å². The van der Waals surface area contributed by atoms with Crippen molar-refractivity contribution in [3.05, 3.63) is 27.8 Å². The maximum atomic E-state index is 11.1. The highest BCUT2D eigenvalue weighted by atomic mass is 16.6. The van der Waals surface area contributed by atoms with Gasteiger partial charge in [-0.1, -0.05) is 0 Å². The van der Waals surface area contributed by atoms with E-state index in [9.17, 15) is 14.9 Å². The molecule has 0 spiro atoms. The third-order valence-corrected chi connectivity index (χ3v) is 2.82. The number of hydrogen-bond acceptors (Lipinski definition) is 6. The molecule has 0 heterocycles. The molecule has 8 nitrogen and oxygen atoms in total. The van der Waals surface area contributed by atoms with Crippen LogP contribution in [0.3, 0.4) is 0 Å². The Balaban J connectivity index is 2.82. The predicted octanol–water partition coefficient (Wildman–Crippen LogP) is 1.00. The van der Waals surface area contributed by atoms with E-state index in [2.05, 4.69) is 5.32 Å². The van der Waals surface area contributed by atoms with Gasteiger partial charge in [0, 0.05) is 13.5 Å². The largest absolute Gasteiger partial charge is 0.493 e. The first-order chi connectivity index (χ1) is 10.0. The Morgan fingerprint density at radius 1 is 1.43 bits per heavy atom. The summed E-state index contributed by atoms with van der Waals surface area (Å²) in [7, 11) is 2.95. The molecule has 0 atom stereocenters. The number of benzene rings is 1. The molecule has 0 radical (unpaired) electrons. The van der Waals surface area contributed by atoms with Crippen molar-refractivity contribution in [1.29, 1.82) is 0 Å². The van der Waals surface area contributed by atoms with Gasteiger partial charge in [-0.05, 0) is 12.5 Å². The van der Waals surface area contributed by atoms with Crippen LogP contribution in [-0.4, -0.2) is 36.7 Å². The molecule has 21 heavy (non-hydrogen) atoms. The summed E-state index contributed by atoms with van der Waals surface area (Å²) in [4.78, 5) is 21.4. The van der Waals surface area contributed by atoms with Gasteiger partial charge in [-0.25, -0.2) is 0 Å². The highest BCUT2D eigenvalue weighted by Crippen LogP contribution is 2.34. The van der Waals surface area contributed by atoms with E-state index in [0.29, 0.717) is 18.6 Å². The summed E-state index contributed by atoms with van der Waals surface area (Å²) in [6.45, 7) is -0.247. The van der Waals surface area contributed by atoms with Crippen molar-refractivity contribution in [3.8, 4) is 11.5 Å². The zero-order valence-electron chi connectivity index (χ0n) is 11.9. The summed E-state index contributed by atoms with van der Waals surface area (Å²) >= 11 is 0. The number of ether oxygens (including phenoxy) is 2. The lowest BCUT2D eigenvalue weighted by atomic mass is 10.1. The Hall–Kier alpha value is -2.35. The first-order valence-corrected chi connectivity index (χ1v) is 6.33. The van der Waals surface area contributed by atoms with Crippen LogP contribution in [0.1, 0.15) is 18.4 Å². The average molecular weight is 298 g/mol. The van der Waals surface area contributed by atoms with Gasteiger partial charge in [0.1, 0.15) is 0 Å². The molecule has 1 amide bonds. The van der Waals surface area contributed by atoms with Crippen molar-refractivity contribution in [2.45, 2.75) is 19.4 Å². The van der Waals surface area contributed by atoms with Gasteiger partial charge in [0.15, 0.2) is 11.5 Å². The van der Waals surface area contributed by atoms with Crippen LogP contribution in [0.5, 0.6) is 11.5 Å². The molecule has 2 N–H and O–H groups in total. The molecule has 1 aromatic rings. The molecule has 1 aromatic carbocycles. The predicted molar refractivity (Wildman–Crippen MR) is 74.4 cm³/mol. The fourth-order valence-corrected chi connectivity index (χ4v) is 1.70.